The van der Waals surface area contributed by atoms with E-state index in [2.05, 4.69) is 33.2 Å². The van der Waals surface area contributed by atoms with Gasteiger partial charge in [0.15, 0.2) is 0 Å². The molecule has 0 spiro atoms. The lowest BCUT2D eigenvalue weighted by Gasteiger charge is -2.09. The number of carbonyl (C=O) groups excluding carboxylic acids is 2. The van der Waals surface area contributed by atoms with Gasteiger partial charge in [0.25, 0.3) is 5.91 Å². The van der Waals surface area contributed by atoms with Crippen LogP contribution >= 0.6 is 34.2 Å². The van der Waals surface area contributed by atoms with Crippen molar-refractivity contribution < 1.29 is 9.59 Å². The summed E-state index contributed by atoms with van der Waals surface area (Å²) in [6.07, 6.45) is 0. The first kappa shape index (κ1) is 15.2. The Morgan fingerprint density at radius 3 is 2.61 bits per heavy atom. The fourth-order valence-corrected chi connectivity index (χ4v) is 1.79. The molecule has 6 heteroatoms. The predicted molar refractivity (Wildman–Crippen MR) is 79.8 cm³/mol. The Morgan fingerprint density at radius 2 is 2.06 bits per heavy atom. The molecule has 0 aliphatic rings. The summed E-state index contributed by atoms with van der Waals surface area (Å²) in [5.74, 6) is -0.526. The molecule has 0 fully saturated rings. The Kier molecular flexibility index (Phi) is 5.87. The molecule has 0 heterocycles. The third-order valence-corrected chi connectivity index (χ3v) is 3.61. The van der Waals surface area contributed by atoms with Crippen LogP contribution in [0.2, 0.25) is 5.02 Å². The van der Waals surface area contributed by atoms with Crippen molar-refractivity contribution in [1.29, 1.82) is 0 Å². The Morgan fingerprint density at radius 1 is 1.39 bits per heavy atom. The van der Waals surface area contributed by atoms with E-state index in [1.54, 1.807) is 18.2 Å². The van der Waals surface area contributed by atoms with E-state index in [9.17, 15) is 9.59 Å². The topological polar surface area (TPSA) is 58.2 Å². The number of hydrogen-bond acceptors (Lipinski definition) is 2. The van der Waals surface area contributed by atoms with Crippen LogP contribution in [0.5, 0.6) is 0 Å². The molecule has 1 aromatic carbocycles. The summed E-state index contributed by atoms with van der Waals surface area (Å²) >= 11 is 8.00. The van der Waals surface area contributed by atoms with E-state index < -0.39 is 0 Å². The van der Waals surface area contributed by atoms with Crippen molar-refractivity contribution in [3.63, 3.8) is 0 Å². The van der Waals surface area contributed by atoms with Gasteiger partial charge in [-0.15, -0.1) is 0 Å². The molecule has 0 unspecified atom stereocenters. The van der Waals surface area contributed by atoms with E-state index in [1.165, 1.54) is 0 Å². The first-order valence-electron chi connectivity index (χ1n) is 5.42. The van der Waals surface area contributed by atoms with Gasteiger partial charge < -0.3 is 10.6 Å². The number of hydrogen-bond donors (Lipinski definition) is 2. The fourth-order valence-electron chi connectivity index (χ4n) is 1.27. The average Bonchev–Trinajstić information content (AvgIpc) is 2.28. The third-order valence-electron chi connectivity index (χ3n) is 2.04. The zero-order valence-corrected chi connectivity index (χ0v) is 13.0. The molecule has 0 aliphatic heterocycles. The van der Waals surface area contributed by atoms with E-state index >= 15 is 0 Å². The quantitative estimate of drug-likeness (QED) is 0.787. The Hall–Kier alpha value is -0.820. The second-order valence-corrected chi connectivity index (χ2v) is 5.60. The summed E-state index contributed by atoms with van der Waals surface area (Å²) < 4.78 is 0.878. The molecule has 0 saturated carbocycles. The van der Waals surface area contributed by atoms with Crippen LogP contribution in [0.1, 0.15) is 24.2 Å². The highest BCUT2D eigenvalue weighted by molar-refractivity contribution is 14.1. The van der Waals surface area contributed by atoms with Crippen molar-refractivity contribution >= 4 is 46.0 Å². The van der Waals surface area contributed by atoms with Gasteiger partial charge in [-0.2, -0.15) is 0 Å². The minimum Gasteiger partial charge on any atom is -0.352 e. The van der Waals surface area contributed by atoms with E-state index in [0.29, 0.717) is 10.6 Å². The van der Waals surface area contributed by atoms with Gasteiger partial charge in [0, 0.05) is 15.2 Å². The van der Waals surface area contributed by atoms with Gasteiger partial charge in [0.05, 0.1) is 11.6 Å². The van der Waals surface area contributed by atoms with Gasteiger partial charge in [-0.25, -0.2) is 0 Å². The normalized spacial score (nSPS) is 10.3. The van der Waals surface area contributed by atoms with Crippen LogP contribution < -0.4 is 10.6 Å². The largest absolute Gasteiger partial charge is 0.352 e. The minimum absolute atomic E-state index is 0.0411. The van der Waals surface area contributed by atoms with Crippen LogP contribution in [-0.2, 0) is 4.79 Å². The molecule has 18 heavy (non-hydrogen) atoms. The molecule has 0 radical (unpaired) electrons. The molecular weight excluding hydrogens is 367 g/mol. The highest BCUT2D eigenvalue weighted by Gasteiger charge is 2.10. The van der Waals surface area contributed by atoms with E-state index in [-0.39, 0.29) is 24.4 Å². The maximum absolute atomic E-state index is 11.7. The highest BCUT2D eigenvalue weighted by Crippen LogP contribution is 2.19. The zero-order chi connectivity index (χ0) is 13.7. The van der Waals surface area contributed by atoms with Gasteiger partial charge in [-0.1, -0.05) is 11.6 Å². The van der Waals surface area contributed by atoms with Gasteiger partial charge >= 0.3 is 0 Å². The second-order valence-electron chi connectivity index (χ2n) is 4.03. The summed E-state index contributed by atoms with van der Waals surface area (Å²) in [5, 5.41) is 5.75. The first-order valence-corrected chi connectivity index (χ1v) is 6.88. The molecule has 2 N–H and O–H groups in total. The zero-order valence-electron chi connectivity index (χ0n) is 10.1. The summed E-state index contributed by atoms with van der Waals surface area (Å²) in [5.41, 5.74) is 0.442. The fraction of sp³-hybridized carbons (Fsp3) is 0.333. The van der Waals surface area contributed by atoms with Crippen LogP contribution in [0.15, 0.2) is 18.2 Å². The number of amides is 2. The van der Waals surface area contributed by atoms with Crippen molar-refractivity contribution in [1.82, 2.24) is 10.6 Å². The Bertz CT molecular complexity index is 463. The number of rotatable bonds is 4. The molecule has 4 nitrogen and oxygen atoms in total. The lowest BCUT2D eigenvalue weighted by molar-refractivity contribution is -0.120. The van der Waals surface area contributed by atoms with E-state index in [1.807, 2.05) is 13.8 Å². The van der Waals surface area contributed by atoms with Crippen molar-refractivity contribution in [2.45, 2.75) is 19.9 Å². The Labute approximate surface area is 125 Å². The van der Waals surface area contributed by atoms with E-state index in [0.717, 1.165) is 3.57 Å². The molecule has 0 aromatic heterocycles. The second kappa shape index (κ2) is 6.94. The summed E-state index contributed by atoms with van der Waals surface area (Å²) in [4.78, 5) is 23.1. The lowest BCUT2D eigenvalue weighted by atomic mass is 10.2. The molecule has 98 valence electrons. The highest BCUT2D eigenvalue weighted by atomic mass is 127. The molecule has 0 bridgehead atoms. The van der Waals surface area contributed by atoms with Crippen molar-refractivity contribution in [3.8, 4) is 0 Å². The van der Waals surface area contributed by atoms with Gasteiger partial charge in [0.1, 0.15) is 0 Å². The number of halogens is 2. The van der Waals surface area contributed by atoms with Gasteiger partial charge in [0.2, 0.25) is 5.91 Å². The molecule has 0 aliphatic carbocycles. The standard InChI is InChI=1S/C12H14ClIN2O2/c1-7(2)16-11(17)6-15-12(18)8-3-4-10(14)9(13)5-8/h3-5,7H,6H2,1-2H3,(H,15,18)(H,16,17). The first-order chi connectivity index (χ1) is 8.40. The SMILES string of the molecule is CC(C)NC(=O)CNC(=O)c1ccc(I)c(Cl)c1. The molecule has 0 saturated heterocycles. The predicted octanol–water partition coefficient (Wildman–Crippen LogP) is 2.20. The number of carbonyl (C=O) groups is 2. The third kappa shape index (κ3) is 4.81. The van der Waals surface area contributed by atoms with Crippen molar-refractivity contribution in [3.05, 3.63) is 32.4 Å². The molecule has 1 rings (SSSR count). The number of benzene rings is 1. The van der Waals surface area contributed by atoms with E-state index in [4.69, 9.17) is 11.6 Å². The Balaban J connectivity index is 2.55. The maximum Gasteiger partial charge on any atom is 0.251 e. The summed E-state index contributed by atoms with van der Waals surface area (Å²) in [7, 11) is 0. The minimum atomic E-state index is -0.313. The summed E-state index contributed by atoms with van der Waals surface area (Å²) in [6.45, 7) is 3.68. The van der Waals surface area contributed by atoms with Crippen LogP contribution in [0.3, 0.4) is 0 Å². The van der Waals surface area contributed by atoms with Crippen LogP contribution in [0.4, 0.5) is 0 Å². The molecular formula is C12H14ClIN2O2. The van der Waals surface area contributed by atoms with Crippen molar-refractivity contribution in [2.24, 2.45) is 0 Å². The van der Waals surface area contributed by atoms with Gasteiger partial charge in [-0.05, 0) is 54.6 Å². The molecule has 0 atom stereocenters. The summed E-state index contributed by atoms with van der Waals surface area (Å²) in [6, 6.07) is 5.07. The van der Waals surface area contributed by atoms with Crippen LogP contribution in [0.25, 0.3) is 0 Å². The van der Waals surface area contributed by atoms with Crippen molar-refractivity contribution in [2.75, 3.05) is 6.54 Å². The molecule has 1 aromatic rings. The van der Waals surface area contributed by atoms with Gasteiger partial charge in [-0.3, -0.25) is 9.59 Å². The maximum atomic E-state index is 11.7. The lowest BCUT2D eigenvalue weighted by Crippen LogP contribution is -2.39. The monoisotopic (exact) mass is 380 g/mol. The van der Waals surface area contributed by atoms with Crippen LogP contribution in [0, 0.1) is 3.57 Å². The van der Waals surface area contributed by atoms with Crippen LogP contribution in [-0.4, -0.2) is 24.4 Å². The number of nitrogens with one attached hydrogen (secondary N) is 2. The average molecular weight is 381 g/mol. The smallest absolute Gasteiger partial charge is 0.251 e. The molecule has 2 amide bonds.